The summed E-state index contributed by atoms with van der Waals surface area (Å²) < 4.78 is 16.5. The number of rotatable bonds is 12. The molecule has 2 N–H and O–H groups in total. The number of hydrogen-bond acceptors (Lipinski definition) is 6. The molecular formula is C33H36ClN3O6. The average Bonchev–Trinajstić information content (AvgIpc) is 3.33. The zero-order valence-corrected chi connectivity index (χ0v) is 25.7. The van der Waals surface area contributed by atoms with Gasteiger partial charge in [0.25, 0.3) is 0 Å². The van der Waals surface area contributed by atoms with Gasteiger partial charge in [-0.15, -0.1) is 0 Å². The van der Waals surface area contributed by atoms with E-state index in [0.717, 1.165) is 16.9 Å². The third-order valence-electron chi connectivity index (χ3n) is 6.60. The summed E-state index contributed by atoms with van der Waals surface area (Å²) in [5.74, 6) is 0.310. The highest BCUT2D eigenvalue weighted by Crippen LogP contribution is 2.35. The van der Waals surface area contributed by atoms with Crippen molar-refractivity contribution < 1.29 is 28.6 Å². The topological polar surface area (TPSA) is 110 Å². The molecule has 0 bridgehead atoms. The number of hydrogen-bond donors (Lipinski definition) is 2. The molecular weight excluding hydrogens is 570 g/mol. The van der Waals surface area contributed by atoms with Crippen LogP contribution in [-0.2, 0) is 27.5 Å². The molecule has 0 aliphatic carbocycles. The molecule has 10 heteroatoms. The van der Waals surface area contributed by atoms with Crippen molar-refractivity contribution in [2.45, 2.75) is 52.4 Å². The first kappa shape index (κ1) is 31.4. The van der Waals surface area contributed by atoms with E-state index in [1.54, 1.807) is 44.4 Å². The third-order valence-corrected chi connectivity index (χ3v) is 6.83. The number of nitrogens with one attached hydrogen (secondary N) is 2. The number of nitrogens with zero attached hydrogens (tertiary/aromatic N) is 1. The number of methoxy groups -OCH3 is 1. The minimum absolute atomic E-state index is 0.0846. The van der Waals surface area contributed by atoms with Crippen LogP contribution < -0.4 is 14.8 Å². The molecule has 43 heavy (non-hydrogen) atoms. The van der Waals surface area contributed by atoms with Crippen molar-refractivity contribution >= 4 is 40.8 Å². The predicted octanol–water partition coefficient (Wildman–Crippen LogP) is 6.20. The van der Waals surface area contributed by atoms with Crippen LogP contribution in [0.1, 0.15) is 60.9 Å². The van der Waals surface area contributed by atoms with Gasteiger partial charge in [-0.25, -0.2) is 4.79 Å². The second-order valence-electron chi connectivity index (χ2n) is 11.0. The van der Waals surface area contributed by atoms with Crippen LogP contribution >= 0.6 is 11.6 Å². The number of aromatic nitrogens is 1. The summed E-state index contributed by atoms with van der Waals surface area (Å²) in [5.41, 5.74) is 2.07. The summed E-state index contributed by atoms with van der Waals surface area (Å²) in [5, 5.41) is 4.00. The van der Waals surface area contributed by atoms with Crippen molar-refractivity contribution in [3.63, 3.8) is 0 Å². The van der Waals surface area contributed by atoms with Gasteiger partial charge in [0.15, 0.2) is 0 Å². The first-order valence-corrected chi connectivity index (χ1v) is 14.3. The van der Waals surface area contributed by atoms with E-state index >= 15 is 0 Å². The summed E-state index contributed by atoms with van der Waals surface area (Å²) in [4.78, 5) is 44.1. The Morgan fingerprint density at radius 3 is 2.42 bits per heavy atom. The first-order chi connectivity index (χ1) is 20.5. The molecule has 4 rings (SSSR count). The highest BCUT2D eigenvalue weighted by atomic mass is 35.5. The number of halogens is 1. The Labute approximate surface area is 256 Å². The van der Waals surface area contributed by atoms with Crippen molar-refractivity contribution in [3.8, 4) is 11.5 Å². The smallest absolute Gasteiger partial charge is 0.355 e. The molecule has 2 amide bonds. The lowest BCUT2D eigenvalue weighted by atomic mass is 9.98. The van der Waals surface area contributed by atoms with Gasteiger partial charge in [0.05, 0.1) is 13.7 Å². The summed E-state index contributed by atoms with van der Waals surface area (Å²) in [6, 6.07) is 18.8. The van der Waals surface area contributed by atoms with E-state index < -0.39 is 23.5 Å². The van der Waals surface area contributed by atoms with Crippen LogP contribution in [0.3, 0.4) is 0 Å². The molecule has 9 nitrogen and oxygen atoms in total. The standard InChI is InChI=1S/C33H36ClN3O6/c1-6-42-32(40)29-28(26-15-12-23(34)17-27(26)35-29)30(31(39)36-33(2,3)4)37(20-38)18-21-10-13-24(14-11-21)43-19-22-8-7-9-25(16-22)41-5/h7-17,20,30,35H,6,18-19H2,1-5H3,(H,36,39). The molecule has 0 radical (unpaired) electrons. The molecule has 1 aromatic heterocycles. The minimum atomic E-state index is -1.16. The van der Waals surface area contributed by atoms with Crippen LogP contribution in [0, 0.1) is 0 Å². The van der Waals surface area contributed by atoms with Gasteiger partial charge in [0.2, 0.25) is 12.3 Å². The van der Waals surface area contributed by atoms with Gasteiger partial charge in [-0.2, -0.15) is 0 Å². The van der Waals surface area contributed by atoms with Crippen molar-refractivity contribution in [1.29, 1.82) is 0 Å². The van der Waals surface area contributed by atoms with E-state index in [0.29, 0.717) is 40.3 Å². The number of carbonyl (C=O) groups is 3. The van der Waals surface area contributed by atoms with Crippen LogP contribution in [0.4, 0.5) is 0 Å². The molecule has 4 aromatic rings. The predicted molar refractivity (Wildman–Crippen MR) is 165 cm³/mol. The summed E-state index contributed by atoms with van der Waals surface area (Å²) in [7, 11) is 1.62. The van der Waals surface area contributed by atoms with Crippen molar-refractivity contribution in [3.05, 3.63) is 94.1 Å². The van der Waals surface area contributed by atoms with Crippen molar-refractivity contribution in [1.82, 2.24) is 15.2 Å². The molecule has 3 aromatic carbocycles. The Balaban J connectivity index is 1.67. The number of H-pyrrole nitrogens is 1. The van der Waals surface area contributed by atoms with Crippen LogP contribution in [0.5, 0.6) is 11.5 Å². The minimum Gasteiger partial charge on any atom is -0.497 e. The van der Waals surface area contributed by atoms with E-state index in [1.165, 1.54) is 4.90 Å². The fourth-order valence-electron chi connectivity index (χ4n) is 4.75. The van der Waals surface area contributed by atoms with Crippen LogP contribution in [0.25, 0.3) is 10.9 Å². The number of carbonyl (C=O) groups excluding carboxylic acids is 3. The maximum atomic E-state index is 13.9. The average molecular weight is 606 g/mol. The fourth-order valence-corrected chi connectivity index (χ4v) is 4.92. The SMILES string of the molecule is CCOC(=O)c1[nH]c2cc(Cl)ccc2c1C(C(=O)NC(C)(C)C)N(C=O)Cc1ccc(OCc2cccc(OC)c2)cc1. The summed E-state index contributed by atoms with van der Waals surface area (Å²) in [6.45, 7) is 7.81. The molecule has 0 saturated carbocycles. The maximum Gasteiger partial charge on any atom is 0.355 e. The normalized spacial score (nSPS) is 12.0. The van der Waals surface area contributed by atoms with E-state index in [1.807, 2.05) is 57.2 Å². The Bertz CT molecular complexity index is 1590. The highest BCUT2D eigenvalue weighted by Gasteiger charge is 2.36. The molecule has 0 aliphatic rings. The zero-order chi connectivity index (χ0) is 31.1. The second kappa shape index (κ2) is 13.6. The zero-order valence-electron chi connectivity index (χ0n) is 24.9. The Morgan fingerprint density at radius 1 is 1.02 bits per heavy atom. The van der Waals surface area contributed by atoms with Gasteiger partial charge < -0.3 is 29.4 Å². The number of esters is 1. The monoisotopic (exact) mass is 605 g/mol. The van der Waals surface area contributed by atoms with Gasteiger partial charge in [-0.3, -0.25) is 9.59 Å². The highest BCUT2D eigenvalue weighted by molar-refractivity contribution is 6.31. The molecule has 0 saturated heterocycles. The van der Waals surface area contributed by atoms with Crippen molar-refractivity contribution in [2.24, 2.45) is 0 Å². The van der Waals surface area contributed by atoms with E-state index in [2.05, 4.69) is 10.3 Å². The van der Waals surface area contributed by atoms with Gasteiger partial charge in [-0.1, -0.05) is 41.9 Å². The lowest BCUT2D eigenvalue weighted by Gasteiger charge is -2.31. The van der Waals surface area contributed by atoms with Crippen LogP contribution in [0.15, 0.2) is 66.7 Å². The second-order valence-corrected chi connectivity index (χ2v) is 11.5. The van der Waals surface area contributed by atoms with Gasteiger partial charge >= 0.3 is 5.97 Å². The maximum absolute atomic E-state index is 13.9. The van der Waals surface area contributed by atoms with Gasteiger partial charge in [0.1, 0.15) is 29.8 Å². The molecule has 0 spiro atoms. The number of aromatic amines is 1. The third kappa shape index (κ3) is 7.87. The summed E-state index contributed by atoms with van der Waals surface area (Å²) in [6.07, 6.45) is 0.615. The molecule has 1 heterocycles. The molecule has 0 fully saturated rings. The Morgan fingerprint density at radius 2 is 1.77 bits per heavy atom. The lowest BCUT2D eigenvalue weighted by molar-refractivity contribution is -0.134. The van der Waals surface area contributed by atoms with E-state index in [-0.39, 0.29) is 18.8 Å². The number of benzene rings is 3. The van der Waals surface area contributed by atoms with Crippen LogP contribution in [-0.4, -0.2) is 47.4 Å². The fraction of sp³-hybridized carbons (Fsp3) is 0.303. The largest absolute Gasteiger partial charge is 0.497 e. The van der Waals surface area contributed by atoms with Crippen LogP contribution in [0.2, 0.25) is 5.02 Å². The van der Waals surface area contributed by atoms with Gasteiger partial charge in [0, 0.05) is 33.6 Å². The Hall–Kier alpha value is -4.50. The summed E-state index contributed by atoms with van der Waals surface area (Å²) >= 11 is 6.23. The lowest BCUT2D eigenvalue weighted by Crippen LogP contribution is -2.47. The number of amides is 2. The molecule has 1 atom stereocenters. The number of ether oxygens (including phenoxy) is 3. The van der Waals surface area contributed by atoms with E-state index in [4.69, 9.17) is 25.8 Å². The molecule has 0 aliphatic heterocycles. The van der Waals surface area contributed by atoms with Gasteiger partial charge in [-0.05, 0) is 75.2 Å². The van der Waals surface area contributed by atoms with E-state index in [9.17, 15) is 14.4 Å². The molecule has 1 unspecified atom stereocenters. The Kier molecular flexibility index (Phi) is 9.98. The molecule has 226 valence electrons. The number of fused-ring (bicyclic) bond motifs is 1. The first-order valence-electron chi connectivity index (χ1n) is 13.9. The quantitative estimate of drug-likeness (QED) is 0.147. The van der Waals surface area contributed by atoms with Crippen molar-refractivity contribution in [2.75, 3.05) is 13.7 Å².